The average molecular weight is 473 g/mol. The lowest BCUT2D eigenvalue weighted by atomic mass is 9.89. The fourth-order valence-corrected chi connectivity index (χ4v) is 4.72. The Morgan fingerprint density at radius 1 is 1.00 bits per heavy atom. The highest BCUT2D eigenvalue weighted by molar-refractivity contribution is 5.88. The molecule has 2 aliphatic heterocycles. The van der Waals surface area contributed by atoms with Crippen molar-refractivity contribution in [1.82, 2.24) is 24.7 Å². The number of alkyl halides is 3. The number of hydrogen-bond acceptors (Lipinski definition) is 6. The van der Waals surface area contributed by atoms with Crippen molar-refractivity contribution in [2.45, 2.75) is 38.0 Å². The number of nitrogens with zero attached hydrogens (tertiary/aromatic N) is 6. The number of fused-ring (bicyclic) bond motifs is 2. The topological polar surface area (TPSA) is 110 Å². The van der Waals surface area contributed by atoms with Crippen LogP contribution in [-0.2, 0) is 28.7 Å². The molecule has 1 atom stereocenters. The standard InChI is InChI=1S/C22H22F3N7O2/c23-22(24,25)21-28-27-17-5-6-18(29-32(17)21)30-9-7-13(8-10-30)20(34)31-12-15-4-2-1-3-14(15)11-16(31)19(26)33/h1-6,13,16H,7-12H2,(H2,26,33). The highest BCUT2D eigenvalue weighted by Gasteiger charge is 2.39. The van der Waals surface area contributed by atoms with E-state index in [-0.39, 0.29) is 17.5 Å². The first kappa shape index (κ1) is 22.1. The van der Waals surface area contributed by atoms with Crippen molar-refractivity contribution >= 4 is 23.3 Å². The number of nitrogens with two attached hydrogens (primary N) is 1. The van der Waals surface area contributed by atoms with Crippen LogP contribution in [0.15, 0.2) is 36.4 Å². The number of piperidine rings is 1. The molecule has 2 aromatic heterocycles. The molecule has 0 spiro atoms. The molecule has 34 heavy (non-hydrogen) atoms. The minimum absolute atomic E-state index is 0.00371. The minimum Gasteiger partial charge on any atom is -0.368 e. The molecule has 2 amide bonds. The van der Waals surface area contributed by atoms with Crippen molar-refractivity contribution in [3.05, 3.63) is 53.3 Å². The van der Waals surface area contributed by atoms with Crippen molar-refractivity contribution < 1.29 is 22.8 Å². The summed E-state index contributed by atoms with van der Waals surface area (Å²) in [6.45, 7) is 1.20. The van der Waals surface area contributed by atoms with Gasteiger partial charge in [0, 0.05) is 32.0 Å². The van der Waals surface area contributed by atoms with Crippen molar-refractivity contribution in [2.75, 3.05) is 18.0 Å². The molecule has 0 radical (unpaired) electrons. The van der Waals surface area contributed by atoms with Crippen LogP contribution >= 0.6 is 0 Å². The summed E-state index contributed by atoms with van der Waals surface area (Å²) in [5, 5.41) is 10.8. The molecule has 1 saturated heterocycles. The summed E-state index contributed by atoms with van der Waals surface area (Å²) in [6, 6.07) is 10.0. The van der Waals surface area contributed by atoms with Crippen LogP contribution in [0, 0.1) is 5.92 Å². The summed E-state index contributed by atoms with van der Waals surface area (Å²) in [5.41, 5.74) is 7.63. The second-order valence-corrected chi connectivity index (χ2v) is 8.60. The van der Waals surface area contributed by atoms with Gasteiger partial charge in [0.2, 0.25) is 11.8 Å². The third kappa shape index (κ3) is 3.93. The minimum atomic E-state index is -4.67. The van der Waals surface area contributed by atoms with Gasteiger partial charge in [-0.2, -0.15) is 17.7 Å². The zero-order valence-electron chi connectivity index (χ0n) is 18.1. The summed E-state index contributed by atoms with van der Waals surface area (Å²) in [5.74, 6) is -1.80. The zero-order valence-corrected chi connectivity index (χ0v) is 18.1. The van der Waals surface area contributed by atoms with Crippen LogP contribution in [-0.4, -0.2) is 55.7 Å². The van der Waals surface area contributed by atoms with Gasteiger partial charge in [0.15, 0.2) is 5.65 Å². The van der Waals surface area contributed by atoms with Gasteiger partial charge in [-0.15, -0.1) is 15.3 Å². The smallest absolute Gasteiger partial charge is 0.368 e. The second-order valence-electron chi connectivity index (χ2n) is 8.60. The van der Waals surface area contributed by atoms with Gasteiger partial charge in [-0.25, -0.2) is 0 Å². The molecule has 1 fully saturated rings. The van der Waals surface area contributed by atoms with Crippen molar-refractivity contribution in [3.8, 4) is 0 Å². The Labute approximate surface area is 192 Å². The van der Waals surface area contributed by atoms with E-state index in [2.05, 4.69) is 15.3 Å². The van der Waals surface area contributed by atoms with Gasteiger partial charge < -0.3 is 15.5 Å². The van der Waals surface area contributed by atoms with Crippen LogP contribution in [0.1, 0.15) is 29.8 Å². The number of amides is 2. The molecule has 0 aliphatic carbocycles. The summed E-state index contributed by atoms with van der Waals surface area (Å²) in [6.07, 6.45) is -3.32. The van der Waals surface area contributed by atoms with E-state index in [0.717, 1.165) is 11.1 Å². The number of primary amides is 1. The molecule has 1 unspecified atom stereocenters. The van der Waals surface area contributed by atoms with Gasteiger partial charge in [-0.3, -0.25) is 9.59 Å². The average Bonchev–Trinajstić information content (AvgIpc) is 3.27. The SMILES string of the molecule is NC(=O)C1Cc2ccccc2CN1C(=O)C1CCN(c2ccc3nnc(C(F)(F)F)n3n2)CC1. The van der Waals surface area contributed by atoms with E-state index >= 15 is 0 Å². The first-order valence-corrected chi connectivity index (χ1v) is 10.9. The van der Waals surface area contributed by atoms with E-state index in [1.54, 1.807) is 11.0 Å². The molecule has 4 heterocycles. The van der Waals surface area contributed by atoms with Crippen molar-refractivity contribution in [1.29, 1.82) is 0 Å². The highest BCUT2D eigenvalue weighted by Crippen LogP contribution is 2.30. The van der Waals surface area contributed by atoms with Crippen LogP contribution in [0.5, 0.6) is 0 Å². The maximum Gasteiger partial charge on any atom is 0.453 e. The number of carbonyl (C=O) groups excluding carboxylic acids is 2. The summed E-state index contributed by atoms with van der Waals surface area (Å²) in [4.78, 5) is 28.9. The Hall–Kier alpha value is -3.70. The molecule has 12 heteroatoms. The Morgan fingerprint density at radius 2 is 1.71 bits per heavy atom. The predicted molar refractivity (Wildman–Crippen MR) is 114 cm³/mol. The molecule has 3 aromatic rings. The Balaban J connectivity index is 1.30. The highest BCUT2D eigenvalue weighted by atomic mass is 19.4. The molecular weight excluding hydrogens is 451 g/mol. The first-order valence-electron chi connectivity index (χ1n) is 10.9. The molecule has 9 nitrogen and oxygen atoms in total. The van der Waals surface area contributed by atoms with Crippen LogP contribution < -0.4 is 10.6 Å². The van der Waals surface area contributed by atoms with Crippen LogP contribution in [0.4, 0.5) is 19.0 Å². The summed E-state index contributed by atoms with van der Waals surface area (Å²) < 4.78 is 40.2. The molecule has 2 N–H and O–H groups in total. The maximum atomic E-state index is 13.4. The van der Waals surface area contributed by atoms with Gasteiger partial charge >= 0.3 is 6.18 Å². The van der Waals surface area contributed by atoms with E-state index in [9.17, 15) is 22.8 Å². The first-order chi connectivity index (χ1) is 16.2. The van der Waals surface area contributed by atoms with Gasteiger partial charge in [0.25, 0.3) is 5.82 Å². The monoisotopic (exact) mass is 473 g/mol. The number of benzene rings is 1. The number of halogens is 3. The second kappa shape index (κ2) is 8.26. The lowest BCUT2D eigenvalue weighted by Crippen LogP contribution is -2.54. The van der Waals surface area contributed by atoms with Crippen LogP contribution in [0.2, 0.25) is 0 Å². The van der Waals surface area contributed by atoms with Crippen molar-refractivity contribution in [3.63, 3.8) is 0 Å². The third-order valence-corrected chi connectivity index (χ3v) is 6.53. The van der Waals surface area contributed by atoms with Gasteiger partial charge in [-0.1, -0.05) is 24.3 Å². The Morgan fingerprint density at radius 3 is 2.38 bits per heavy atom. The fourth-order valence-electron chi connectivity index (χ4n) is 4.72. The van der Waals surface area contributed by atoms with Gasteiger partial charge in [0.1, 0.15) is 11.9 Å². The molecule has 0 bridgehead atoms. The molecule has 0 saturated carbocycles. The largest absolute Gasteiger partial charge is 0.453 e. The van der Waals surface area contributed by atoms with E-state index in [0.29, 0.717) is 49.2 Å². The van der Waals surface area contributed by atoms with E-state index in [1.807, 2.05) is 29.2 Å². The molecule has 1 aromatic carbocycles. The number of rotatable bonds is 3. The van der Waals surface area contributed by atoms with Gasteiger partial charge in [-0.05, 0) is 36.1 Å². The quantitative estimate of drug-likeness (QED) is 0.621. The van der Waals surface area contributed by atoms with Crippen LogP contribution in [0.25, 0.3) is 5.65 Å². The van der Waals surface area contributed by atoms with E-state index in [4.69, 9.17) is 5.73 Å². The molecular formula is C22H22F3N7O2. The Bertz CT molecular complexity index is 1250. The fraction of sp³-hybridized carbons (Fsp3) is 0.409. The maximum absolute atomic E-state index is 13.4. The number of carbonyl (C=O) groups is 2. The zero-order chi connectivity index (χ0) is 24.0. The molecule has 2 aliphatic rings. The predicted octanol–water partition coefficient (Wildman–Crippen LogP) is 1.80. The normalized spacial score (nSPS) is 19.3. The molecule has 5 rings (SSSR count). The summed E-state index contributed by atoms with van der Waals surface area (Å²) in [7, 11) is 0. The van der Waals surface area contributed by atoms with Crippen molar-refractivity contribution in [2.24, 2.45) is 11.7 Å². The number of aromatic nitrogens is 4. The third-order valence-electron chi connectivity index (χ3n) is 6.53. The van der Waals surface area contributed by atoms with E-state index < -0.39 is 23.9 Å². The number of hydrogen-bond donors (Lipinski definition) is 1. The molecule has 178 valence electrons. The van der Waals surface area contributed by atoms with Gasteiger partial charge in [0.05, 0.1) is 0 Å². The van der Waals surface area contributed by atoms with Crippen LogP contribution in [0.3, 0.4) is 0 Å². The Kier molecular flexibility index (Phi) is 5.37. The number of anilines is 1. The lowest BCUT2D eigenvalue weighted by Gasteiger charge is -2.39. The summed E-state index contributed by atoms with van der Waals surface area (Å²) >= 11 is 0. The lowest BCUT2D eigenvalue weighted by molar-refractivity contribution is -0.146. The van der Waals surface area contributed by atoms with E-state index in [1.165, 1.54) is 6.07 Å².